The molecule has 0 unspecified atom stereocenters. The Labute approximate surface area is 184 Å². The van der Waals surface area contributed by atoms with E-state index in [-0.39, 0.29) is 29.8 Å². The van der Waals surface area contributed by atoms with E-state index >= 15 is 0 Å². The third-order valence-electron chi connectivity index (χ3n) is 5.85. The molecule has 1 aliphatic heterocycles. The topological polar surface area (TPSA) is 87.7 Å². The van der Waals surface area contributed by atoms with Gasteiger partial charge in [-0.3, -0.25) is 9.59 Å². The van der Waals surface area contributed by atoms with E-state index in [4.69, 9.17) is 4.74 Å². The Morgan fingerprint density at radius 2 is 1.97 bits per heavy atom. The Bertz CT molecular complexity index is 896. The summed E-state index contributed by atoms with van der Waals surface area (Å²) >= 11 is 0. The number of amides is 2. The number of fused-ring (bicyclic) bond motifs is 1. The monoisotopic (exact) mass is 424 g/mol. The molecule has 3 rings (SSSR count). The smallest absolute Gasteiger partial charge is 0.224 e. The SMILES string of the molecule is CC(C)(CO)[C@@H](CNC(=O)CCCOc1ccc2c(c1)CCC(=O)N2)c1ccccc1. The highest BCUT2D eigenvalue weighted by atomic mass is 16.5. The molecule has 0 aliphatic carbocycles. The number of aryl methyl sites for hydroxylation is 1. The van der Waals surface area contributed by atoms with Crippen molar-refractivity contribution in [3.05, 3.63) is 59.7 Å². The lowest BCUT2D eigenvalue weighted by Gasteiger charge is -2.33. The quantitative estimate of drug-likeness (QED) is 0.508. The lowest BCUT2D eigenvalue weighted by atomic mass is 9.75. The van der Waals surface area contributed by atoms with Crippen LogP contribution in [0.3, 0.4) is 0 Å². The van der Waals surface area contributed by atoms with Gasteiger partial charge in [0.1, 0.15) is 5.75 Å². The molecule has 1 atom stereocenters. The number of aliphatic hydroxyl groups is 1. The molecule has 2 amide bonds. The fourth-order valence-electron chi connectivity index (χ4n) is 3.82. The van der Waals surface area contributed by atoms with Crippen molar-refractivity contribution >= 4 is 17.5 Å². The second kappa shape index (κ2) is 10.4. The first-order valence-corrected chi connectivity index (χ1v) is 10.9. The first-order chi connectivity index (χ1) is 14.9. The first kappa shape index (κ1) is 22.8. The Morgan fingerprint density at radius 3 is 2.71 bits per heavy atom. The Balaban J connectivity index is 1.44. The van der Waals surface area contributed by atoms with Crippen LogP contribution in [0.5, 0.6) is 5.75 Å². The van der Waals surface area contributed by atoms with Gasteiger partial charge in [-0.25, -0.2) is 0 Å². The molecule has 3 N–H and O–H groups in total. The number of carbonyl (C=O) groups is 2. The molecule has 0 spiro atoms. The molecule has 0 aromatic heterocycles. The molecule has 6 heteroatoms. The van der Waals surface area contributed by atoms with Gasteiger partial charge < -0.3 is 20.5 Å². The van der Waals surface area contributed by atoms with Crippen molar-refractivity contribution in [2.24, 2.45) is 5.41 Å². The zero-order chi connectivity index (χ0) is 22.3. The molecule has 2 aromatic carbocycles. The fourth-order valence-corrected chi connectivity index (χ4v) is 3.82. The van der Waals surface area contributed by atoms with Crippen molar-refractivity contribution in [3.63, 3.8) is 0 Å². The summed E-state index contributed by atoms with van der Waals surface area (Å²) in [5.74, 6) is 0.800. The van der Waals surface area contributed by atoms with Gasteiger partial charge in [-0.2, -0.15) is 0 Å². The summed E-state index contributed by atoms with van der Waals surface area (Å²) in [6.07, 6.45) is 2.20. The maximum atomic E-state index is 12.4. The highest BCUT2D eigenvalue weighted by Crippen LogP contribution is 2.34. The zero-order valence-corrected chi connectivity index (χ0v) is 18.3. The highest BCUT2D eigenvalue weighted by molar-refractivity contribution is 5.94. The molecule has 2 aromatic rings. The van der Waals surface area contributed by atoms with E-state index in [2.05, 4.69) is 10.6 Å². The van der Waals surface area contributed by atoms with Crippen LogP contribution in [0.15, 0.2) is 48.5 Å². The fraction of sp³-hybridized carbons (Fsp3) is 0.440. The molecule has 166 valence electrons. The van der Waals surface area contributed by atoms with E-state index in [1.54, 1.807) is 0 Å². The number of hydrogen-bond donors (Lipinski definition) is 3. The van der Waals surface area contributed by atoms with Crippen LogP contribution in [0, 0.1) is 5.41 Å². The number of aliphatic hydroxyl groups excluding tert-OH is 1. The average molecular weight is 425 g/mol. The van der Waals surface area contributed by atoms with Crippen LogP contribution in [-0.4, -0.2) is 36.7 Å². The van der Waals surface area contributed by atoms with Crippen molar-refractivity contribution in [3.8, 4) is 5.75 Å². The van der Waals surface area contributed by atoms with Crippen LogP contribution in [-0.2, 0) is 16.0 Å². The summed E-state index contributed by atoms with van der Waals surface area (Å²) in [6, 6.07) is 15.6. The summed E-state index contributed by atoms with van der Waals surface area (Å²) in [5.41, 5.74) is 2.69. The largest absolute Gasteiger partial charge is 0.494 e. The van der Waals surface area contributed by atoms with Crippen LogP contribution >= 0.6 is 0 Å². The minimum atomic E-state index is -0.344. The average Bonchev–Trinajstić information content (AvgIpc) is 2.77. The van der Waals surface area contributed by atoms with Gasteiger partial charge in [0.2, 0.25) is 11.8 Å². The van der Waals surface area contributed by atoms with E-state index in [0.29, 0.717) is 38.8 Å². The Kier molecular flexibility index (Phi) is 7.69. The Morgan fingerprint density at radius 1 is 1.19 bits per heavy atom. The number of ether oxygens (including phenoxy) is 1. The van der Waals surface area contributed by atoms with Gasteiger partial charge in [0, 0.05) is 37.6 Å². The molecule has 31 heavy (non-hydrogen) atoms. The maximum Gasteiger partial charge on any atom is 0.224 e. The number of anilines is 1. The number of nitrogens with one attached hydrogen (secondary N) is 2. The van der Waals surface area contributed by atoms with Crippen LogP contribution in [0.2, 0.25) is 0 Å². The second-order valence-corrected chi connectivity index (χ2v) is 8.73. The van der Waals surface area contributed by atoms with Gasteiger partial charge in [0.25, 0.3) is 0 Å². The van der Waals surface area contributed by atoms with Gasteiger partial charge in [-0.05, 0) is 47.6 Å². The van der Waals surface area contributed by atoms with Gasteiger partial charge in [-0.1, -0.05) is 44.2 Å². The molecule has 0 radical (unpaired) electrons. The standard InChI is InChI=1S/C25H32N2O4/c1-25(2,17-28)21(18-7-4-3-5-8-18)16-26-23(29)9-6-14-31-20-11-12-22-19(15-20)10-13-24(30)27-22/h3-5,7-8,11-12,15,21,28H,6,9-10,13-14,16-17H2,1-2H3,(H,26,29)(H,27,30)/t21-/m0/s1. The van der Waals surface area contributed by atoms with Gasteiger partial charge in [0.15, 0.2) is 0 Å². The van der Waals surface area contributed by atoms with Crippen LogP contribution in [0.1, 0.15) is 50.2 Å². The summed E-state index contributed by atoms with van der Waals surface area (Å²) in [6.45, 7) is 4.99. The molecule has 0 saturated carbocycles. The third kappa shape index (κ3) is 6.31. The molecule has 1 heterocycles. The molecule has 1 aliphatic rings. The lowest BCUT2D eigenvalue weighted by molar-refractivity contribution is -0.121. The predicted molar refractivity (Wildman–Crippen MR) is 121 cm³/mol. The van der Waals surface area contributed by atoms with E-state index < -0.39 is 0 Å². The molecule has 0 bridgehead atoms. The first-order valence-electron chi connectivity index (χ1n) is 10.9. The van der Waals surface area contributed by atoms with Crippen LogP contribution in [0.25, 0.3) is 0 Å². The Hall–Kier alpha value is -2.86. The third-order valence-corrected chi connectivity index (χ3v) is 5.85. The summed E-state index contributed by atoms with van der Waals surface area (Å²) in [5, 5.41) is 15.7. The van der Waals surface area contributed by atoms with Crippen LogP contribution < -0.4 is 15.4 Å². The maximum absolute atomic E-state index is 12.4. The minimum absolute atomic E-state index is 0.0218. The van der Waals surface area contributed by atoms with Crippen molar-refractivity contribution in [1.29, 1.82) is 0 Å². The number of hydrogen-bond acceptors (Lipinski definition) is 4. The number of benzene rings is 2. The normalized spacial score (nSPS) is 14.4. The molecule has 0 fully saturated rings. The summed E-state index contributed by atoms with van der Waals surface area (Å²) in [7, 11) is 0. The van der Waals surface area contributed by atoms with Crippen molar-refractivity contribution in [1.82, 2.24) is 5.32 Å². The highest BCUT2D eigenvalue weighted by Gasteiger charge is 2.30. The molecular weight excluding hydrogens is 392 g/mol. The molecular formula is C25H32N2O4. The minimum Gasteiger partial charge on any atom is -0.494 e. The van der Waals surface area contributed by atoms with Crippen LogP contribution in [0.4, 0.5) is 5.69 Å². The van der Waals surface area contributed by atoms with Gasteiger partial charge in [-0.15, -0.1) is 0 Å². The van der Waals surface area contributed by atoms with Gasteiger partial charge in [0.05, 0.1) is 6.61 Å². The number of carbonyl (C=O) groups excluding carboxylic acids is 2. The van der Waals surface area contributed by atoms with Gasteiger partial charge >= 0.3 is 0 Å². The zero-order valence-electron chi connectivity index (χ0n) is 18.3. The summed E-state index contributed by atoms with van der Waals surface area (Å²) in [4.78, 5) is 23.8. The summed E-state index contributed by atoms with van der Waals surface area (Å²) < 4.78 is 5.79. The van der Waals surface area contributed by atoms with Crippen molar-refractivity contribution < 1.29 is 19.4 Å². The predicted octanol–water partition coefficient (Wildman–Crippen LogP) is 3.65. The molecule has 0 saturated heterocycles. The molecule has 6 nitrogen and oxygen atoms in total. The van der Waals surface area contributed by atoms with E-state index in [9.17, 15) is 14.7 Å². The van der Waals surface area contributed by atoms with E-state index in [1.165, 1.54) is 0 Å². The van der Waals surface area contributed by atoms with E-state index in [1.807, 2.05) is 62.4 Å². The van der Waals surface area contributed by atoms with Crippen molar-refractivity contribution in [2.75, 3.05) is 25.1 Å². The van der Waals surface area contributed by atoms with E-state index in [0.717, 1.165) is 22.6 Å². The number of rotatable bonds is 10. The second-order valence-electron chi connectivity index (χ2n) is 8.73. The lowest BCUT2D eigenvalue weighted by Crippen LogP contribution is -2.36. The van der Waals surface area contributed by atoms with Crippen molar-refractivity contribution in [2.45, 2.75) is 45.4 Å².